The number of ether oxygens (including phenoxy) is 1. The van der Waals surface area contributed by atoms with Crippen LogP contribution in [0.3, 0.4) is 0 Å². The zero-order valence-corrected chi connectivity index (χ0v) is 14.2. The van der Waals surface area contributed by atoms with Crippen LogP contribution in [0.5, 0.6) is 11.5 Å². The summed E-state index contributed by atoms with van der Waals surface area (Å²) >= 11 is 6.90. The van der Waals surface area contributed by atoms with E-state index in [1.165, 1.54) is 0 Å². The molecular weight excluding hydrogens is 386 g/mol. The van der Waals surface area contributed by atoms with Crippen LogP contribution in [0.2, 0.25) is 0 Å². The molecule has 0 amide bonds. The second kappa shape index (κ2) is 6.41. The first-order chi connectivity index (χ1) is 9.51. The van der Waals surface area contributed by atoms with E-state index in [4.69, 9.17) is 4.74 Å². The molecule has 0 bridgehead atoms. The molecule has 0 radical (unpaired) electrons. The first-order valence-electron chi connectivity index (χ1n) is 5.88. The van der Waals surface area contributed by atoms with Crippen molar-refractivity contribution >= 4 is 43.8 Å². The molecule has 2 aromatic carbocycles. The van der Waals surface area contributed by atoms with E-state index < -0.39 is 0 Å². The topological polar surface area (TPSA) is 41.8 Å². The summed E-state index contributed by atoms with van der Waals surface area (Å²) in [5, 5.41) is 9.39. The zero-order valence-electron chi connectivity index (χ0n) is 11.0. The molecule has 0 atom stereocenters. The van der Waals surface area contributed by atoms with Crippen molar-refractivity contribution in [2.75, 3.05) is 7.11 Å². The van der Waals surface area contributed by atoms with Crippen LogP contribution in [0.15, 0.2) is 44.3 Å². The number of nitrogens with zero attached hydrogens (tertiary/aromatic N) is 1. The molecule has 3 nitrogen and oxygen atoms in total. The van der Waals surface area contributed by atoms with E-state index in [2.05, 4.69) is 36.9 Å². The lowest BCUT2D eigenvalue weighted by molar-refractivity contribution is 0.411. The number of phenolic OH excluding ortho intramolecular Hbond substituents is 1. The van der Waals surface area contributed by atoms with Gasteiger partial charge in [0.05, 0.1) is 17.3 Å². The van der Waals surface area contributed by atoms with Crippen LogP contribution in [-0.4, -0.2) is 18.4 Å². The number of benzene rings is 2. The predicted molar refractivity (Wildman–Crippen MR) is 88.5 cm³/mol. The van der Waals surface area contributed by atoms with Gasteiger partial charge in [0.1, 0.15) is 11.5 Å². The number of rotatable bonds is 3. The fourth-order valence-electron chi connectivity index (χ4n) is 1.82. The lowest BCUT2D eigenvalue weighted by Crippen LogP contribution is -1.92. The summed E-state index contributed by atoms with van der Waals surface area (Å²) in [5.74, 6) is 0.970. The molecule has 0 fully saturated rings. The minimum absolute atomic E-state index is 0.240. The minimum Gasteiger partial charge on any atom is -0.508 e. The molecule has 5 heteroatoms. The van der Waals surface area contributed by atoms with Gasteiger partial charge < -0.3 is 9.84 Å². The predicted octanol–water partition coefficient (Wildman–Crippen LogP) is 4.98. The Bertz CT molecular complexity index is 669. The normalized spacial score (nSPS) is 11.0. The Labute approximate surface area is 134 Å². The first kappa shape index (κ1) is 15.1. The van der Waals surface area contributed by atoms with Crippen molar-refractivity contribution in [3.8, 4) is 11.5 Å². The summed E-state index contributed by atoms with van der Waals surface area (Å²) in [7, 11) is 1.62. The smallest absolute Gasteiger partial charge is 0.141 e. The quantitative estimate of drug-likeness (QED) is 0.740. The molecule has 0 unspecified atom stereocenters. The molecule has 0 aliphatic heterocycles. The monoisotopic (exact) mass is 397 g/mol. The number of aliphatic imine (C=N–C) groups is 1. The van der Waals surface area contributed by atoms with E-state index in [9.17, 15) is 5.11 Å². The zero-order chi connectivity index (χ0) is 14.7. The van der Waals surface area contributed by atoms with Crippen LogP contribution in [0.4, 0.5) is 5.69 Å². The van der Waals surface area contributed by atoms with Crippen LogP contribution >= 0.6 is 31.9 Å². The van der Waals surface area contributed by atoms with Crippen molar-refractivity contribution in [2.24, 2.45) is 4.99 Å². The van der Waals surface area contributed by atoms with Crippen LogP contribution in [0.25, 0.3) is 0 Å². The number of aromatic hydroxyl groups is 1. The van der Waals surface area contributed by atoms with Crippen LogP contribution in [-0.2, 0) is 0 Å². The molecule has 0 spiro atoms. The Kier molecular flexibility index (Phi) is 4.83. The van der Waals surface area contributed by atoms with Crippen molar-refractivity contribution < 1.29 is 9.84 Å². The molecule has 0 aliphatic rings. The van der Waals surface area contributed by atoms with E-state index in [0.29, 0.717) is 0 Å². The second-order valence-electron chi connectivity index (χ2n) is 4.24. The average Bonchev–Trinajstić information content (AvgIpc) is 2.37. The largest absolute Gasteiger partial charge is 0.508 e. The van der Waals surface area contributed by atoms with Gasteiger partial charge in [0.2, 0.25) is 0 Å². The Morgan fingerprint density at radius 3 is 2.60 bits per heavy atom. The molecular formula is C15H13Br2NO2. The molecule has 2 aromatic rings. The summed E-state index contributed by atoms with van der Waals surface area (Å²) in [6.45, 7) is 1.90. The molecule has 0 aromatic heterocycles. The van der Waals surface area contributed by atoms with Crippen LogP contribution in [0, 0.1) is 6.92 Å². The van der Waals surface area contributed by atoms with Crippen molar-refractivity contribution in [3.05, 3.63) is 50.4 Å². The molecule has 0 aliphatic carbocycles. The summed E-state index contributed by atoms with van der Waals surface area (Å²) < 4.78 is 7.17. The SMILES string of the molecule is COc1c(Br)cc(Br)cc1C=Nc1ccc(O)cc1C. The van der Waals surface area contributed by atoms with Gasteiger partial charge in [-0.2, -0.15) is 0 Å². The molecule has 0 saturated carbocycles. The molecule has 2 rings (SSSR count). The summed E-state index contributed by atoms with van der Waals surface area (Å²) in [4.78, 5) is 4.45. The Morgan fingerprint density at radius 1 is 1.20 bits per heavy atom. The maximum atomic E-state index is 9.39. The maximum Gasteiger partial charge on any atom is 0.141 e. The van der Waals surface area contributed by atoms with Crippen molar-refractivity contribution in [2.45, 2.75) is 6.92 Å². The first-order valence-corrected chi connectivity index (χ1v) is 7.46. The highest BCUT2D eigenvalue weighted by molar-refractivity contribution is 9.11. The Balaban J connectivity index is 2.41. The summed E-state index contributed by atoms with van der Waals surface area (Å²) in [6, 6.07) is 8.93. The van der Waals surface area contributed by atoms with Gasteiger partial charge in [0.25, 0.3) is 0 Å². The third-order valence-corrected chi connectivity index (χ3v) is 3.81. The third-order valence-electron chi connectivity index (χ3n) is 2.76. The van der Waals surface area contributed by atoms with E-state index in [-0.39, 0.29) is 5.75 Å². The maximum absolute atomic E-state index is 9.39. The summed E-state index contributed by atoms with van der Waals surface area (Å²) in [6.07, 6.45) is 1.74. The van der Waals surface area contributed by atoms with E-state index in [1.807, 2.05) is 19.1 Å². The van der Waals surface area contributed by atoms with Gasteiger partial charge in [-0.1, -0.05) is 15.9 Å². The standard InChI is InChI=1S/C15H13Br2NO2/c1-9-5-12(19)3-4-14(9)18-8-10-6-11(16)7-13(17)15(10)20-2/h3-8,19H,1-2H3. The van der Waals surface area contributed by atoms with Crippen LogP contribution < -0.4 is 4.74 Å². The third kappa shape index (κ3) is 3.41. The van der Waals surface area contributed by atoms with E-state index in [0.717, 1.165) is 31.5 Å². The number of aryl methyl sites for hydroxylation is 1. The van der Waals surface area contributed by atoms with E-state index in [1.54, 1.807) is 31.5 Å². The average molecular weight is 399 g/mol. The fourth-order valence-corrected chi connectivity index (χ4v) is 3.24. The fraction of sp³-hybridized carbons (Fsp3) is 0.133. The van der Waals surface area contributed by atoms with Gasteiger partial charge in [0, 0.05) is 16.3 Å². The van der Waals surface area contributed by atoms with Gasteiger partial charge >= 0.3 is 0 Å². The van der Waals surface area contributed by atoms with Crippen LogP contribution in [0.1, 0.15) is 11.1 Å². The van der Waals surface area contributed by atoms with Gasteiger partial charge in [-0.25, -0.2) is 0 Å². The van der Waals surface area contributed by atoms with Crippen molar-refractivity contribution in [1.29, 1.82) is 0 Å². The van der Waals surface area contributed by atoms with Gasteiger partial charge in [-0.3, -0.25) is 4.99 Å². The Morgan fingerprint density at radius 2 is 1.95 bits per heavy atom. The lowest BCUT2D eigenvalue weighted by Gasteiger charge is -2.08. The highest BCUT2D eigenvalue weighted by Crippen LogP contribution is 2.32. The lowest BCUT2D eigenvalue weighted by atomic mass is 10.2. The minimum atomic E-state index is 0.240. The van der Waals surface area contributed by atoms with Gasteiger partial charge in [-0.15, -0.1) is 0 Å². The molecule has 1 N–H and O–H groups in total. The van der Waals surface area contributed by atoms with Gasteiger partial charge in [0.15, 0.2) is 0 Å². The molecule has 0 heterocycles. The van der Waals surface area contributed by atoms with Gasteiger partial charge in [-0.05, 0) is 58.7 Å². The van der Waals surface area contributed by atoms with Crippen molar-refractivity contribution in [1.82, 2.24) is 0 Å². The summed E-state index contributed by atoms with van der Waals surface area (Å²) in [5.41, 5.74) is 2.58. The molecule has 20 heavy (non-hydrogen) atoms. The van der Waals surface area contributed by atoms with E-state index >= 15 is 0 Å². The number of phenols is 1. The Hall–Kier alpha value is -1.33. The number of hydrogen-bond acceptors (Lipinski definition) is 3. The molecule has 0 saturated heterocycles. The van der Waals surface area contributed by atoms with Crippen molar-refractivity contribution in [3.63, 3.8) is 0 Å². The second-order valence-corrected chi connectivity index (χ2v) is 6.01. The highest BCUT2D eigenvalue weighted by atomic mass is 79.9. The highest BCUT2D eigenvalue weighted by Gasteiger charge is 2.07. The number of halogens is 2. The molecule has 104 valence electrons. The number of methoxy groups -OCH3 is 1. The number of hydrogen-bond donors (Lipinski definition) is 1.